The van der Waals surface area contributed by atoms with E-state index >= 15 is 0 Å². The Bertz CT molecular complexity index is 616. The molecular weight excluding hydrogens is 273 g/mol. The van der Waals surface area contributed by atoms with Gasteiger partial charge >= 0.3 is 6.18 Å². The predicted octanol–water partition coefficient (Wildman–Crippen LogP) is 2.83. The Kier molecular flexibility index (Phi) is 3.64. The van der Waals surface area contributed by atoms with E-state index in [9.17, 15) is 13.2 Å². The van der Waals surface area contributed by atoms with Crippen LogP contribution in [0.1, 0.15) is 5.56 Å². The van der Waals surface area contributed by atoms with Crippen LogP contribution in [-0.2, 0) is 6.18 Å². The van der Waals surface area contributed by atoms with Crippen molar-refractivity contribution < 1.29 is 17.9 Å². The number of nitrogen functional groups attached to an aromatic ring is 1. The number of para-hydroxylation sites is 1. The Labute approximate surface area is 112 Å². The van der Waals surface area contributed by atoms with Gasteiger partial charge < -0.3 is 15.8 Å². The summed E-state index contributed by atoms with van der Waals surface area (Å²) in [5.41, 5.74) is 4.53. The largest absolute Gasteiger partial charge is 0.481 e. The summed E-state index contributed by atoms with van der Waals surface area (Å²) >= 11 is 0. The summed E-state index contributed by atoms with van der Waals surface area (Å²) in [4.78, 5) is 7.56. The van der Waals surface area contributed by atoms with Crippen LogP contribution in [0.15, 0.2) is 30.3 Å². The molecule has 0 spiro atoms. The number of anilines is 3. The van der Waals surface area contributed by atoms with Crippen LogP contribution in [0.5, 0.6) is 5.88 Å². The second-order valence-corrected chi connectivity index (χ2v) is 3.82. The van der Waals surface area contributed by atoms with Gasteiger partial charge in [-0.1, -0.05) is 12.1 Å². The summed E-state index contributed by atoms with van der Waals surface area (Å²) in [6.07, 6.45) is -4.47. The van der Waals surface area contributed by atoms with Crippen molar-refractivity contribution >= 4 is 17.5 Å². The van der Waals surface area contributed by atoms with E-state index in [-0.39, 0.29) is 23.3 Å². The molecule has 0 aliphatic carbocycles. The first-order valence-electron chi connectivity index (χ1n) is 5.52. The van der Waals surface area contributed by atoms with E-state index in [2.05, 4.69) is 15.3 Å². The van der Waals surface area contributed by atoms with Gasteiger partial charge in [0.25, 0.3) is 0 Å². The van der Waals surface area contributed by atoms with Gasteiger partial charge in [0, 0.05) is 6.07 Å². The van der Waals surface area contributed by atoms with Gasteiger partial charge in [-0.25, -0.2) is 0 Å². The van der Waals surface area contributed by atoms with Crippen LogP contribution in [0.2, 0.25) is 0 Å². The molecule has 0 aliphatic rings. The summed E-state index contributed by atoms with van der Waals surface area (Å²) in [5.74, 6) is 0.173. The van der Waals surface area contributed by atoms with Gasteiger partial charge in [-0.2, -0.15) is 23.1 Å². The minimum atomic E-state index is -4.47. The summed E-state index contributed by atoms with van der Waals surface area (Å²) in [6, 6.07) is 6.42. The SMILES string of the molecule is COc1cc(Nc2ccccc2C(F)(F)F)nc(N)n1. The highest BCUT2D eigenvalue weighted by atomic mass is 19.4. The van der Waals surface area contributed by atoms with Crippen LogP contribution >= 0.6 is 0 Å². The minimum Gasteiger partial charge on any atom is -0.481 e. The third kappa shape index (κ3) is 3.08. The van der Waals surface area contributed by atoms with Crippen LogP contribution < -0.4 is 15.8 Å². The van der Waals surface area contributed by atoms with E-state index in [0.717, 1.165) is 6.07 Å². The highest BCUT2D eigenvalue weighted by Crippen LogP contribution is 2.35. The second-order valence-electron chi connectivity index (χ2n) is 3.82. The summed E-state index contributed by atoms with van der Waals surface area (Å²) in [5, 5.41) is 2.56. The van der Waals surface area contributed by atoms with E-state index in [0.29, 0.717) is 0 Å². The van der Waals surface area contributed by atoms with Gasteiger partial charge in [-0.3, -0.25) is 0 Å². The van der Waals surface area contributed by atoms with Crippen LogP contribution in [0.3, 0.4) is 0 Å². The van der Waals surface area contributed by atoms with Crippen molar-refractivity contribution in [3.8, 4) is 5.88 Å². The molecule has 0 amide bonds. The maximum Gasteiger partial charge on any atom is 0.418 e. The van der Waals surface area contributed by atoms with Crippen molar-refractivity contribution in [3.05, 3.63) is 35.9 Å². The van der Waals surface area contributed by atoms with Gasteiger partial charge in [0.2, 0.25) is 11.8 Å². The number of hydrogen-bond donors (Lipinski definition) is 2. The third-order valence-corrected chi connectivity index (χ3v) is 2.42. The third-order valence-electron chi connectivity index (χ3n) is 2.42. The summed E-state index contributed by atoms with van der Waals surface area (Å²) < 4.78 is 43.4. The van der Waals surface area contributed by atoms with E-state index in [1.54, 1.807) is 0 Å². The molecule has 0 aliphatic heterocycles. The Hall–Kier alpha value is -2.51. The quantitative estimate of drug-likeness (QED) is 0.906. The molecule has 0 saturated heterocycles. The Morgan fingerprint density at radius 1 is 1.20 bits per heavy atom. The van der Waals surface area contributed by atoms with E-state index in [1.165, 1.54) is 31.4 Å². The molecule has 1 heterocycles. The molecule has 0 saturated carbocycles. The maximum absolute atomic E-state index is 12.9. The zero-order chi connectivity index (χ0) is 14.8. The molecule has 0 fully saturated rings. The lowest BCUT2D eigenvalue weighted by molar-refractivity contribution is -0.136. The number of benzene rings is 1. The molecule has 20 heavy (non-hydrogen) atoms. The highest BCUT2D eigenvalue weighted by Gasteiger charge is 2.33. The fourth-order valence-electron chi connectivity index (χ4n) is 1.59. The lowest BCUT2D eigenvalue weighted by Crippen LogP contribution is -2.09. The van der Waals surface area contributed by atoms with E-state index in [4.69, 9.17) is 10.5 Å². The van der Waals surface area contributed by atoms with Crippen LogP contribution in [-0.4, -0.2) is 17.1 Å². The van der Waals surface area contributed by atoms with Crippen molar-refractivity contribution in [2.24, 2.45) is 0 Å². The number of rotatable bonds is 3. The van der Waals surface area contributed by atoms with Gasteiger partial charge in [0.05, 0.1) is 18.4 Å². The van der Waals surface area contributed by atoms with Gasteiger partial charge in [-0.05, 0) is 12.1 Å². The zero-order valence-corrected chi connectivity index (χ0v) is 10.4. The average molecular weight is 284 g/mol. The molecule has 5 nitrogen and oxygen atoms in total. The molecular formula is C12H11F3N4O. The molecule has 0 bridgehead atoms. The van der Waals surface area contributed by atoms with Crippen molar-refractivity contribution in [1.82, 2.24) is 9.97 Å². The lowest BCUT2D eigenvalue weighted by Gasteiger charge is -2.14. The smallest absolute Gasteiger partial charge is 0.418 e. The monoisotopic (exact) mass is 284 g/mol. The molecule has 2 rings (SSSR count). The van der Waals surface area contributed by atoms with Crippen molar-refractivity contribution in [1.29, 1.82) is 0 Å². The lowest BCUT2D eigenvalue weighted by atomic mass is 10.1. The van der Waals surface area contributed by atoms with Crippen LogP contribution in [0, 0.1) is 0 Å². The number of nitrogens with zero attached hydrogens (tertiary/aromatic N) is 2. The predicted molar refractivity (Wildman–Crippen MR) is 67.7 cm³/mol. The number of alkyl halides is 3. The summed E-state index contributed by atoms with van der Waals surface area (Å²) in [6.45, 7) is 0. The molecule has 106 valence electrons. The fraction of sp³-hybridized carbons (Fsp3) is 0.167. The number of halogens is 3. The van der Waals surface area contributed by atoms with Crippen LogP contribution in [0.25, 0.3) is 0 Å². The molecule has 2 aromatic rings. The average Bonchev–Trinajstić information content (AvgIpc) is 2.37. The van der Waals surface area contributed by atoms with E-state index in [1.807, 2.05) is 0 Å². The normalized spacial score (nSPS) is 11.2. The zero-order valence-electron chi connectivity index (χ0n) is 10.4. The number of hydrogen-bond acceptors (Lipinski definition) is 5. The van der Waals surface area contributed by atoms with Crippen molar-refractivity contribution in [2.75, 3.05) is 18.2 Å². The number of methoxy groups -OCH3 is 1. The minimum absolute atomic E-state index is 0.101. The Morgan fingerprint density at radius 2 is 1.90 bits per heavy atom. The Balaban J connectivity index is 2.38. The highest BCUT2D eigenvalue weighted by molar-refractivity contribution is 5.62. The number of ether oxygens (including phenoxy) is 1. The molecule has 1 aromatic heterocycles. The first kappa shape index (κ1) is 13.9. The number of aromatic nitrogens is 2. The van der Waals surface area contributed by atoms with Crippen molar-refractivity contribution in [2.45, 2.75) is 6.18 Å². The van der Waals surface area contributed by atoms with Gasteiger partial charge in [0.15, 0.2) is 0 Å². The van der Waals surface area contributed by atoms with E-state index < -0.39 is 11.7 Å². The van der Waals surface area contributed by atoms with Gasteiger partial charge in [0.1, 0.15) is 5.82 Å². The second kappa shape index (κ2) is 5.24. The molecule has 0 radical (unpaired) electrons. The first-order valence-corrected chi connectivity index (χ1v) is 5.52. The molecule has 3 N–H and O–H groups in total. The molecule has 0 atom stereocenters. The van der Waals surface area contributed by atoms with Crippen molar-refractivity contribution in [3.63, 3.8) is 0 Å². The number of nitrogens with one attached hydrogen (secondary N) is 1. The fourth-order valence-corrected chi connectivity index (χ4v) is 1.59. The van der Waals surface area contributed by atoms with Crippen LogP contribution in [0.4, 0.5) is 30.6 Å². The molecule has 0 unspecified atom stereocenters. The Morgan fingerprint density at radius 3 is 2.55 bits per heavy atom. The first-order chi connectivity index (χ1) is 9.40. The van der Waals surface area contributed by atoms with Gasteiger partial charge in [-0.15, -0.1) is 0 Å². The maximum atomic E-state index is 12.9. The topological polar surface area (TPSA) is 73.1 Å². The molecule has 8 heteroatoms. The number of nitrogens with two attached hydrogens (primary N) is 1. The molecule has 1 aromatic carbocycles. The summed E-state index contributed by atoms with van der Waals surface area (Å²) in [7, 11) is 1.37. The standard InChI is InChI=1S/C12H11F3N4O/c1-20-10-6-9(18-11(16)19-10)17-8-5-3-2-4-7(8)12(13,14)15/h2-6H,1H3,(H3,16,17,18,19).